The quantitative estimate of drug-likeness (QED) is 0.829. The predicted molar refractivity (Wildman–Crippen MR) is 65.2 cm³/mol. The van der Waals surface area contributed by atoms with Gasteiger partial charge in [-0.05, 0) is 31.2 Å². The fourth-order valence-corrected chi connectivity index (χ4v) is 1.97. The van der Waals surface area contributed by atoms with Gasteiger partial charge in [0.15, 0.2) is 0 Å². The van der Waals surface area contributed by atoms with Crippen molar-refractivity contribution in [3.05, 3.63) is 16.3 Å². The van der Waals surface area contributed by atoms with E-state index in [-0.39, 0.29) is 11.4 Å². The van der Waals surface area contributed by atoms with Crippen molar-refractivity contribution < 1.29 is 4.79 Å². The van der Waals surface area contributed by atoms with Crippen LogP contribution in [0.25, 0.3) is 0 Å². The maximum atomic E-state index is 11.9. The largest absolute Gasteiger partial charge is 0.397 e. The Morgan fingerprint density at radius 2 is 2.13 bits per heavy atom. The van der Waals surface area contributed by atoms with Crippen molar-refractivity contribution in [1.82, 2.24) is 5.32 Å². The van der Waals surface area contributed by atoms with Crippen LogP contribution in [0.2, 0.25) is 0 Å². The maximum absolute atomic E-state index is 11.9. The Balaban J connectivity index is 2.76. The zero-order valence-corrected chi connectivity index (χ0v) is 10.3. The second-order valence-electron chi connectivity index (χ2n) is 3.93. The Labute approximate surface area is 94.7 Å². The van der Waals surface area contributed by atoms with Crippen molar-refractivity contribution in [3.63, 3.8) is 0 Å². The normalized spacial score (nSPS) is 11.4. The van der Waals surface area contributed by atoms with E-state index in [2.05, 4.69) is 26.1 Å². The summed E-state index contributed by atoms with van der Waals surface area (Å²) in [6, 6.07) is 1.76. The van der Waals surface area contributed by atoms with Crippen LogP contribution >= 0.6 is 11.3 Å². The van der Waals surface area contributed by atoms with Gasteiger partial charge in [-0.2, -0.15) is 0 Å². The summed E-state index contributed by atoms with van der Waals surface area (Å²) in [7, 11) is 0. The molecule has 3 N–H and O–H groups in total. The highest BCUT2D eigenvalue weighted by atomic mass is 32.1. The molecule has 84 valence electrons. The molecule has 1 amide bonds. The summed E-state index contributed by atoms with van der Waals surface area (Å²) >= 11 is 1.38. The Hall–Kier alpha value is -1.03. The summed E-state index contributed by atoms with van der Waals surface area (Å²) in [6.45, 7) is 6.19. The molecule has 0 saturated carbocycles. The van der Waals surface area contributed by atoms with Gasteiger partial charge in [0, 0.05) is 5.54 Å². The zero-order chi connectivity index (χ0) is 11.5. The molecule has 1 aromatic heterocycles. The molecule has 0 aromatic carbocycles. The van der Waals surface area contributed by atoms with Crippen molar-refractivity contribution in [3.8, 4) is 0 Å². The monoisotopic (exact) mass is 226 g/mol. The van der Waals surface area contributed by atoms with Crippen LogP contribution in [0, 0.1) is 0 Å². The third-order valence-corrected chi connectivity index (χ3v) is 3.81. The summed E-state index contributed by atoms with van der Waals surface area (Å²) in [5, 5.41) is 4.86. The first-order chi connectivity index (χ1) is 7.02. The highest BCUT2D eigenvalue weighted by Crippen LogP contribution is 2.21. The third kappa shape index (κ3) is 2.72. The van der Waals surface area contributed by atoms with Crippen LogP contribution < -0.4 is 11.1 Å². The lowest BCUT2D eigenvalue weighted by molar-refractivity contribution is 0.0906. The molecular weight excluding hydrogens is 208 g/mol. The summed E-state index contributed by atoms with van der Waals surface area (Å²) in [6.07, 6.45) is 1.83. The molecule has 0 bridgehead atoms. The second-order valence-corrected chi connectivity index (χ2v) is 4.84. The van der Waals surface area contributed by atoms with Crippen molar-refractivity contribution >= 4 is 22.9 Å². The van der Waals surface area contributed by atoms with Gasteiger partial charge in [0.25, 0.3) is 5.91 Å². The molecule has 1 heterocycles. The lowest BCUT2D eigenvalue weighted by Crippen LogP contribution is -2.44. The molecule has 1 aromatic rings. The van der Waals surface area contributed by atoms with E-state index in [9.17, 15) is 4.79 Å². The average molecular weight is 226 g/mol. The van der Waals surface area contributed by atoms with E-state index in [4.69, 9.17) is 5.73 Å². The van der Waals surface area contributed by atoms with E-state index in [0.717, 1.165) is 12.8 Å². The van der Waals surface area contributed by atoms with Gasteiger partial charge in [0.05, 0.1) is 5.69 Å². The standard InChI is InChI=1S/C11H18N2OS/c1-4-11(3,5-2)13-10(14)9-8(12)6-7-15-9/h6-7H,4-5,12H2,1-3H3,(H,13,14). The highest BCUT2D eigenvalue weighted by molar-refractivity contribution is 7.12. The van der Waals surface area contributed by atoms with Crippen LogP contribution in [0.15, 0.2) is 11.4 Å². The molecule has 0 atom stereocenters. The van der Waals surface area contributed by atoms with Gasteiger partial charge in [-0.3, -0.25) is 4.79 Å². The van der Waals surface area contributed by atoms with Crippen molar-refractivity contribution in [1.29, 1.82) is 0 Å². The first-order valence-corrected chi connectivity index (χ1v) is 6.06. The van der Waals surface area contributed by atoms with E-state index >= 15 is 0 Å². The molecule has 1 rings (SSSR count). The van der Waals surface area contributed by atoms with Crippen LogP contribution in [-0.2, 0) is 0 Å². The molecular formula is C11H18N2OS. The molecule has 0 radical (unpaired) electrons. The summed E-state index contributed by atoms with van der Waals surface area (Å²) < 4.78 is 0. The Bertz CT molecular complexity index is 342. The third-order valence-electron chi connectivity index (χ3n) is 2.88. The molecule has 0 spiro atoms. The number of hydrogen-bond donors (Lipinski definition) is 2. The fraction of sp³-hybridized carbons (Fsp3) is 0.545. The number of rotatable bonds is 4. The SMILES string of the molecule is CCC(C)(CC)NC(=O)c1sccc1N. The van der Waals surface area contributed by atoms with Crippen molar-refractivity contribution in [2.45, 2.75) is 39.2 Å². The van der Waals surface area contributed by atoms with E-state index in [1.807, 2.05) is 5.38 Å². The van der Waals surface area contributed by atoms with Gasteiger partial charge in [0.2, 0.25) is 0 Å². The van der Waals surface area contributed by atoms with Gasteiger partial charge in [-0.15, -0.1) is 11.3 Å². The summed E-state index contributed by atoms with van der Waals surface area (Å²) in [4.78, 5) is 12.5. The summed E-state index contributed by atoms with van der Waals surface area (Å²) in [5.74, 6) is -0.0614. The molecule has 15 heavy (non-hydrogen) atoms. The maximum Gasteiger partial charge on any atom is 0.263 e. The number of carbonyl (C=O) groups excluding carboxylic acids is 1. The molecule has 4 heteroatoms. The Morgan fingerprint density at radius 3 is 2.53 bits per heavy atom. The number of nitrogens with one attached hydrogen (secondary N) is 1. The lowest BCUT2D eigenvalue weighted by atomic mass is 9.95. The van der Waals surface area contributed by atoms with Crippen LogP contribution in [0.5, 0.6) is 0 Å². The van der Waals surface area contributed by atoms with Crippen LogP contribution in [0.1, 0.15) is 43.3 Å². The van der Waals surface area contributed by atoms with E-state index in [0.29, 0.717) is 10.6 Å². The molecule has 0 saturated heterocycles. The number of anilines is 1. The molecule has 0 unspecified atom stereocenters. The van der Waals surface area contributed by atoms with E-state index in [1.165, 1.54) is 11.3 Å². The topological polar surface area (TPSA) is 55.1 Å². The first kappa shape index (κ1) is 12.0. The molecule has 0 aliphatic heterocycles. The van der Waals surface area contributed by atoms with Gasteiger partial charge < -0.3 is 11.1 Å². The number of amides is 1. The number of nitrogen functional groups attached to an aromatic ring is 1. The predicted octanol–water partition coefficient (Wildman–Crippen LogP) is 2.64. The van der Waals surface area contributed by atoms with Crippen molar-refractivity contribution in [2.75, 3.05) is 5.73 Å². The lowest BCUT2D eigenvalue weighted by Gasteiger charge is -2.28. The van der Waals surface area contributed by atoms with Crippen LogP contribution in [0.4, 0.5) is 5.69 Å². The average Bonchev–Trinajstić information content (AvgIpc) is 2.64. The van der Waals surface area contributed by atoms with Gasteiger partial charge in [0.1, 0.15) is 4.88 Å². The van der Waals surface area contributed by atoms with Crippen molar-refractivity contribution in [2.24, 2.45) is 0 Å². The summed E-state index contributed by atoms with van der Waals surface area (Å²) in [5.41, 5.74) is 6.12. The van der Waals surface area contributed by atoms with E-state index in [1.54, 1.807) is 6.07 Å². The van der Waals surface area contributed by atoms with Crippen LogP contribution in [0.3, 0.4) is 0 Å². The number of thiophene rings is 1. The van der Waals surface area contributed by atoms with E-state index < -0.39 is 0 Å². The second kappa shape index (κ2) is 4.66. The van der Waals surface area contributed by atoms with Crippen LogP contribution in [-0.4, -0.2) is 11.4 Å². The Morgan fingerprint density at radius 1 is 1.53 bits per heavy atom. The first-order valence-electron chi connectivity index (χ1n) is 5.18. The van der Waals surface area contributed by atoms with Gasteiger partial charge >= 0.3 is 0 Å². The Kier molecular flexibility index (Phi) is 3.74. The minimum Gasteiger partial charge on any atom is -0.397 e. The highest BCUT2D eigenvalue weighted by Gasteiger charge is 2.23. The molecule has 0 fully saturated rings. The minimum absolute atomic E-state index is 0.0614. The number of carbonyl (C=O) groups is 1. The zero-order valence-electron chi connectivity index (χ0n) is 9.46. The number of nitrogens with two attached hydrogens (primary N) is 1. The number of hydrogen-bond acceptors (Lipinski definition) is 3. The molecule has 0 aliphatic rings. The molecule has 3 nitrogen and oxygen atoms in total. The smallest absolute Gasteiger partial charge is 0.263 e. The fourth-order valence-electron chi connectivity index (χ4n) is 1.26. The molecule has 0 aliphatic carbocycles. The van der Waals surface area contributed by atoms with Gasteiger partial charge in [-0.1, -0.05) is 13.8 Å². The minimum atomic E-state index is -0.131. The van der Waals surface area contributed by atoms with Gasteiger partial charge in [-0.25, -0.2) is 0 Å².